The number of anilines is 1. The largest absolute Gasteiger partial charge is 0.473 e. The van der Waals surface area contributed by atoms with Gasteiger partial charge in [-0.1, -0.05) is 5.16 Å². The van der Waals surface area contributed by atoms with Crippen LogP contribution in [0.3, 0.4) is 0 Å². The van der Waals surface area contributed by atoms with Crippen LogP contribution in [0, 0.1) is 11.3 Å². The summed E-state index contributed by atoms with van der Waals surface area (Å²) >= 11 is 1.56. The molecule has 3 N–H and O–H groups in total. The summed E-state index contributed by atoms with van der Waals surface area (Å²) in [7, 11) is 2.18. The first-order chi connectivity index (χ1) is 20.9. The van der Waals surface area contributed by atoms with Gasteiger partial charge in [0.25, 0.3) is 0 Å². The minimum atomic E-state index is -0.384. The van der Waals surface area contributed by atoms with Crippen LogP contribution in [-0.2, 0) is 35.0 Å². The molecule has 226 valence electrons. The minimum Gasteiger partial charge on any atom is -0.473 e. The molecule has 3 aromatic heterocycles. The van der Waals surface area contributed by atoms with E-state index >= 15 is 0 Å². The number of nitrogens with two attached hydrogens (primary N) is 1. The van der Waals surface area contributed by atoms with Gasteiger partial charge in [-0.15, -0.1) is 11.3 Å². The van der Waals surface area contributed by atoms with Crippen molar-refractivity contribution in [3.05, 3.63) is 38.6 Å². The van der Waals surface area contributed by atoms with E-state index in [9.17, 15) is 5.26 Å². The van der Waals surface area contributed by atoms with Gasteiger partial charge in [0, 0.05) is 36.2 Å². The topological polar surface area (TPSA) is 135 Å². The van der Waals surface area contributed by atoms with Crippen molar-refractivity contribution in [2.75, 3.05) is 39.1 Å². The van der Waals surface area contributed by atoms with Gasteiger partial charge in [-0.2, -0.15) is 10.2 Å². The Morgan fingerprint density at radius 1 is 1.19 bits per heavy atom. The minimum absolute atomic E-state index is 0.0133. The molecular weight excluding hydrogens is 562 g/mol. The lowest BCUT2D eigenvalue weighted by molar-refractivity contribution is 0.114. The zero-order valence-electron chi connectivity index (χ0n) is 25.0. The second-order valence-electron chi connectivity index (χ2n) is 13.3. The van der Waals surface area contributed by atoms with Crippen LogP contribution < -0.4 is 15.8 Å². The number of rotatable bonds is 4. The van der Waals surface area contributed by atoms with Crippen molar-refractivity contribution >= 4 is 16.3 Å². The van der Waals surface area contributed by atoms with E-state index in [1.54, 1.807) is 11.3 Å². The summed E-state index contributed by atoms with van der Waals surface area (Å²) in [4.78, 5) is 14.0. The third-order valence-corrected chi connectivity index (χ3v) is 11.9. The second kappa shape index (κ2) is 10.3. The van der Waals surface area contributed by atoms with Crippen LogP contribution in [0.1, 0.15) is 90.5 Å². The van der Waals surface area contributed by atoms with Gasteiger partial charge in [0.05, 0.1) is 34.3 Å². The molecule has 11 heteroatoms. The molecule has 0 unspecified atom stereocenters. The number of hydrogen-bond donors (Lipinski definition) is 2. The molecule has 10 nitrogen and oxygen atoms in total. The van der Waals surface area contributed by atoms with Crippen LogP contribution in [0.2, 0.25) is 0 Å². The van der Waals surface area contributed by atoms with E-state index in [2.05, 4.69) is 30.3 Å². The lowest BCUT2D eigenvalue weighted by atomic mass is 9.63. The third-order valence-electron chi connectivity index (χ3n) is 10.8. The Morgan fingerprint density at radius 3 is 2.81 bits per heavy atom. The predicted molar refractivity (Wildman–Crippen MR) is 162 cm³/mol. The number of nitrogens with zero attached hydrogens (tertiary/aromatic N) is 5. The Kier molecular flexibility index (Phi) is 6.56. The maximum absolute atomic E-state index is 10.1. The van der Waals surface area contributed by atoms with Crippen LogP contribution in [0.15, 0.2) is 4.52 Å². The number of aryl methyl sites for hydroxylation is 1. The van der Waals surface area contributed by atoms with Crippen molar-refractivity contribution in [3.8, 4) is 23.5 Å². The molecule has 2 aliphatic carbocycles. The summed E-state index contributed by atoms with van der Waals surface area (Å²) in [6, 6.07) is 2.77. The molecule has 3 aromatic rings. The highest BCUT2D eigenvalue weighted by Crippen LogP contribution is 2.55. The Balaban J connectivity index is 1.26. The maximum atomic E-state index is 10.1. The lowest BCUT2D eigenvalue weighted by Gasteiger charge is -2.39. The van der Waals surface area contributed by atoms with E-state index in [-0.39, 0.29) is 16.9 Å². The van der Waals surface area contributed by atoms with E-state index in [1.807, 2.05) is 0 Å². The first-order valence-corrected chi connectivity index (χ1v) is 16.6. The standard InChI is InChI=1S/C32H39N7O3S/c1-18(22-7-5-12-39(22)2)41-30-21-15-35-16-31(11-13-40-17-31)26(21)36-29(37-30)25-19-6-3-9-32(27(19)42-38-25)10-4-8-23-24(32)20(14-33)28(34)43-23/h18,22,35H,3-13,15-17,34H2,1-2H3/t18-,22-,31-,32-/m0/s1. The third kappa shape index (κ3) is 4.10. The number of aromatic nitrogens is 3. The molecule has 2 spiro atoms. The molecule has 0 aromatic carbocycles. The monoisotopic (exact) mass is 601 g/mol. The van der Waals surface area contributed by atoms with Gasteiger partial charge in [-0.05, 0) is 83.9 Å². The van der Waals surface area contributed by atoms with E-state index in [0.717, 1.165) is 99.2 Å². The number of likely N-dealkylation sites (tertiary alicyclic amines) is 1. The molecule has 0 saturated carbocycles. The molecule has 8 rings (SSSR count). The molecule has 2 saturated heterocycles. The van der Waals surface area contributed by atoms with E-state index in [0.29, 0.717) is 47.2 Å². The predicted octanol–water partition coefficient (Wildman–Crippen LogP) is 4.23. The van der Waals surface area contributed by atoms with Crippen LogP contribution in [-0.4, -0.2) is 65.5 Å². The highest BCUT2D eigenvalue weighted by molar-refractivity contribution is 7.16. The molecule has 43 heavy (non-hydrogen) atoms. The van der Waals surface area contributed by atoms with Gasteiger partial charge < -0.3 is 25.0 Å². The fourth-order valence-electron chi connectivity index (χ4n) is 8.71. The summed E-state index contributed by atoms with van der Waals surface area (Å²) in [5.74, 6) is 2.08. The van der Waals surface area contributed by atoms with Gasteiger partial charge in [0.2, 0.25) is 5.88 Å². The lowest BCUT2D eigenvalue weighted by Crippen LogP contribution is -2.45. The zero-order chi connectivity index (χ0) is 29.3. The number of fused-ring (bicyclic) bond motifs is 6. The first-order valence-electron chi connectivity index (χ1n) is 15.8. The quantitative estimate of drug-likeness (QED) is 0.447. The van der Waals surface area contributed by atoms with Crippen molar-refractivity contribution in [1.29, 1.82) is 5.26 Å². The molecule has 0 bridgehead atoms. The number of nitrogens with one attached hydrogen (secondary N) is 1. The van der Waals surface area contributed by atoms with Crippen LogP contribution in [0.25, 0.3) is 11.5 Å². The van der Waals surface area contributed by atoms with Crippen molar-refractivity contribution in [1.82, 2.24) is 25.3 Å². The molecule has 0 amide bonds. The normalized spacial score (nSPS) is 28.9. The first kappa shape index (κ1) is 27.5. The van der Waals surface area contributed by atoms with Crippen LogP contribution in [0.5, 0.6) is 5.88 Å². The molecule has 5 aliphatic rings. The molecular formula is C32H39N7O3S. The Bertz CT molecular complexity index is 1620. The highest BCUT2D eigenvalue weighted by Gasteiger charge is 2.49. The summed E-state index contributed by atoms with van der Waals surface area (Å²) < 4.78 is 19.0. The van der Waals surface area contributed by atoms with Gasteiger partial charge >= 0.3 is 0 Å². The van der Waals surface area contributed by atoms with Gasteiger partial charge in [-0.3, -0.25) is 4.90 Å². The average molecular weight is 602 g/mol. The van der Waals surface area contributed by atoms with Gasteiger partial charge in [0.1, 0.15) is 17.2 Å². The number of nitriles is 1. The average Bonchev–Trinajstić information content (AvgIpc) is 3.80. The van der Waals surface area contributed by atoms with Gasteiger partial charge in [0.15, 0.2) is 17.3 Å². The summed E-state index contributed by atoms with van der Waals surface area (Å²) in [5.41, 5.74) is 11.3. The molecule has 2 fully saturated rings. The Morgan fingerprint density at radius 2 is 2.05 bits per heavy atom. The SMILES string of the molecule is C[C@H](Oc1nc(-c2noc3c2CCC[C@@]32CCCc3sc(N)c(C#N)c32)nc2c1CNC[C@]21CCOC1)[C@@H]1CCCN1C. The van der Waals surface area contributed by atoms with Crippen LogP contribution in [0.4, 0.5) is 5.00 Å². The molecule has 3 aliphatic heterocycles. The Hall–Kier alpha value is -3.04. The summed E-state index contributed by atoms with van der Waals surface area (Å²) in [5, 5.41) is 19.0. The number of nitrogen functional groups attached to an aromatic ring is 1. The summed E-state index contributed by atoms with van der Waals surface area (Å²) in [6.07, 6.45) is 8.83. The molecule has 4 atom stereocenters. The maximum Gasteiger partial charge on any atom is 0.222 e. The number of hydrogen-bond acceptors (Lipinski definition) is 11. The fourth-order valence-corrected chi connectivity index (χ4v) is 9.87. The van der Waals surface area contributed by atoms with E-state index in [1.165, 1.54) is 11.3 Å². The summed E-state index contributed by atoms with van der Waals surface area (Å²) in [6.45, 7) is 6.08. The molecule has 0 radical (unpaired) electrons. The fraction of sp³-hybridized carbons (Fsp3) is 0.625. The Labute approximate surface area is 255 Å². The van der Waals surface area contributed by atoms with E-state index in [4.69, 9.17) is 34.9 Å². The molecule has 6 heterocycles. The van der Waals surface area contributed by atoms with Crippen molar-refractivity contribution in [3.63, 3.8) is 0 Å². The number of likely N-dealkylation sites (N-methyl/N-ethyl adjacent to an activating group) is 1. The van der Waals surface area contributed by atoms with Crippen molar-refractivity contribution < 1.29 is 14.0 Å². The second-order valence-corrected chi connectivity index (χ2v) is 14.4. The number of thiophene rings is 1. The van der Waals surface area contributed by atoms with Crippen LogP contribution >= 0.6 is 11.3 Å². The van der Waals surface area contributed by atoms with Crippen molar-refractivity contribution in [2.24, 2.45) is 0 Å². The zero-order valence-corrected chi connectivity index (χ0v) is 25.8. The highest BCUT2D eigenvalue weighted by atomic mass is 32.1. The van der Waals surface area contributed by atoms with Crippen molar-refractivity contribution in [2.45, 2.75) is 94.2 Å². The van der Waals surface area contributed by atoms with E-state index < -0.39 is 0 Å². The van der Waals surface area contributed by atoms with Gasteiger partial charge in [-0.25, -0.2) is 4.98 Å². The number of ether oxygens (including phenoxy) is 2. The smallest absolute Gasteiger partial charge is 0.222 e.